The number of methoxy groups -OCH3 is 1. The molecule has 24 heavy (non-hydrogen) atoms. The van der Waals surface area contributed by atoms with Crippen LogP contribution in [0.5, 0.6) is 11.6 Å². The highest BCUT2D eigenvalue weighted by atomic mass is 16.5. The molecule has 1 N–H and O–H groups in total. The molecule has 0 aliphatic carbocycles. The SMILES string of the molecule is COc1ccccc1NC(=O)N1CCC(Oc2ccc(C)cn2)C1. The number of urea groups is 1. The third kappa shape index (κ3) is 3.76. The van der Waals surface area contributed by atoms with Crippen LogP contribution in [-0.4, -0.2) is 42.2 Å². The van der Waals surface area contributed by atoms with Gasteiger partial charge in [0, 0.05) is 25.2 Å². The van der Waals surface area contributed by atoms with Gasteiger partial charge < -0.3 is 19.7 Å². The van der Waals surface area contributed by atoms with Gasteiger partial charge in [0.05, 0.1) is 19.3 Å². The molecule has 6 nitrogen and oxygen atoms in total. The Bertz CT molecular complexity index is 703. The molecule has 3 rings (SSSR count). The number of likely N-dealkylation sites (tertiary alicyclic amines) is 1. The van der Waals surface area contributed by atoms with Crippen LogP contribution in [0.25, 0.3) is 0 Å². The van der Waals surface area contributed by atoms with Crippen LogP contribution in [0.15, 0.2) is 42.6 Å². The van der Waals surface area contributed by atoms with Gasteiger partial charge in [-0.05, 0) is 24.6 Å². The second kappa shape index (κ2) is 7.21. The van der Waals surface area contributed by atoms with Crippen LogP contribution in [0.1, 0.15) is 12.0 Å². The lowest BCUT2D eigenvalue weighted by Crippen LogP contribution is -2.34. The van der Waals surface area contributed by atoms with Crippen LogP contribution >= 0.6 is 0 Å². The van der Waals surface area contributed by atoms with Crippen LogP contribution < -0.4 is 14.8 Å². The number of para-hydroxylation sites is 2. The highest BCUT2D eigenvalue weighted by molar-refractivity contribution is 5.91. The summed E-state index contributed by atoms with van der Waals surface area (Å²) in [4.78, 5) is 18.4. The Morgan fingerprint density at radius 3 is 2.88 bits per heavy atom. The van der Waals surface area contributed by atoms with Gasteiger partial charge in [-0.25, -0.2) is 9.78 Å². The molecular formula is C18H21N3O3. The maximum Gasteiger partial charge on any atom is 0.322 e. The van der Waals surface area contributed by atoms with Crippen LogP contribution in [0.2, 0.25) is 0 Å². The minimum absolute atomic E-state index is 0.0383. The normalized spacial score (nSPS) is 16.8. The molecule has 0 saturated carbocycles. The molecule has 1 unspecified atom stereocenters. The molecule has 1 aromatic carbocycles. The van der Waals surface area contributed by atoms with Crippen molar-refractivity contribution in [1.29, 1.82) is 0 Å². The Labute approximate surface area is 141 Å². The number of hydrogen-bond acceptors (Lipinski definition) is 4. The molecule has 6 heteroatoms. The summed E-state index contributed by atoms with van der Waals surface area (Å²) in [6.45, 7) is 3.17. The minimum atomic E-state index is -0.150. The quantitative estimate of drug-likeness (QED) is 0.937. The lowest BCUT2D eigenvalue weighted by molar-refractivity contribution is 0.190. The minimum Gasteiger partial charge on any atom is -0.495 e. The Kier molecular flexibility index (Phi) is 4.84. The van der Waals surface area contributed by atoms with Crippen molar-refractivity contribution < 1.29 is 14.3 Å². The predicted octanol–water partition coefficient (Wildman–Crippen LogP) is 3.08. The van der Waals surface area contributed by atoms with Gasteiger partial charge >= 0.3 is 6.03 Å². The number of aromatic nitrogens is 1. The average Bonchev–Trinajstić information content (AvgIpc) is 3.06. The van der Waals surface area contributed by atoms with E-state index in [0.29, 0.717) is 30.4 Å². The third-order valence-electron chi connectivity index (χ3n) is 3.95. The zero-order valence-electron chi connectivity index (χ0n) is 13.9. The van der Waals surface area contributed by atoms with Crippen LogP contribution in [0.4, 0.5) is 10.5 Å². The molecule has 1 fully saturated rings. The van der Waals surface area contributed by atoms with Crippen molar-refractivity contribution in [3.8, 4) is 11.6 Å². The summed E-state index contributed by atoms with van der Waals surface area (Å²) in [5, 5.41) is 2.89. The summed E-state index contributed by atoms with van der Waals surface area (Å²) >= 11 is 0. The molecule has 0 radical (unpaired) electrons. The van der Waals surface area contributed by atoms with Crippen molar-refractivity contribution in [2.75, 3.05) is 25.5 Å². The molecule has 2 heterocycles. The Hall–Kier alpha value is -2.76. The smallest absolute Gasteiger partial charge is 0.322 e. The Balaban J connectivity index is 1.56. The van der Waals surface area contributed by atoms with Crippen LogP contribution in [0, 0.1) is 6.92 Å². The Morgan fingerprint density at radius 2 is 2.12 bits per heavy atom. The first-order chi connectivity index (χ1) is 11.7. The zero-order chi connectivity index (χ0) is 16.9. The monoisotopic (exact) mass is 327 g/mol. The van der Waals surface area contributed by atoms with Crippen LogP contribution in [0.3, 0.4) is 0 Å². The topological polar surface area (TPSA) is 63.7 Å². The van der Waals surface area contributed by atoms with Gasteiger partial charge in [0.15, 0.2) is 0 Å². The van der Waals surface area contributed by atoms with Gasteiger partial charge in [0.1, 0.15) is 11.9 Å². The average molecular weight is 327 g/mol. The maximum atomic E-state index is 12.4. The van der Waals surface area contributed by atoms with Crippen molar-refractivity contribution in [2.45, 2.75) is 19.4 Å². The second-order valence-corrected chi connectivity index (χ2v) is 5.78. The summed E-state index contributed by atoms with van der Waals surface area (Å²) in [6, 6.07) is 11.0. The van der Waals surface area contributed by atoms with Gasteiger partial charge in [-0.1, -0.05) is 18.2 Å². The number of benzene rings is 1. The molecule has 2 amide bonds. The fourth-order valence-corrected chi connectivity index (χ4v) is 2.65. The molecule has 126 valence electrons. The van der Waals surface area contributed by atoms with Gasteiger partial charge in [-0.15, -0.1) is 0 Å². The fourth-order valence-electron chi connectivity index (χ4n) is 2.65. The molecule has 0 bridgehead atoms. The van der Waals surface area contributed by atoms with Gasteiger partial charge in [0.2, 0.25) is 5.88 Å². The number of amides is 2. The number of pyridine rings is 1. The lowest BCUT2D eigenvalue weighted by atomic mass is 10.3. The second-order valence-electron chi connectivity index (χ2n) is 5.78. The Morgan fingerprint density at radius 1 is 1.29 bits per heavy atom. The van der Waals surface area contributed by atoms with Crippen molar-refractivity contribution in [2.24, 2.45) is 0 Å². The first-order valence-electron chi connectivity index (χ1n) is 7.94. The summed E-state index contributed by atoms with van der Waals surface area (Å²) in [7, 11) is 1.58. The molecule has 1 saturated heterocycles. The standard InChI is InChI=1S/C18H21N3O3/c1-13-7-8-17(19-11-13)24-14-9-10-21(12-14)18(22)20-15-5-3-4-6-16(15)23-2/h3-8,11,14H,9-10,12H2,1-2H3,(H,20,22). The highest BCUT2D eigenvalue weighted by Gasteiger charge is 2.28. The van der Waals surface area contributed by atoms with E-state index >= 15 is 0 Å². The van der Waals surface area contributed by atoms with E-state index in [2.05, 4.69) is 10.3 Å². The van der Waals surface area contributed by atoms with E-state index in [4.69, 9.17) is 9.47 Å². The summed E-state index contributed by atoms with van der Waals surface area (Å²) in [5.41, 5.74) is 1.75. The van der Waals surface area contributed by atoms with E-state index < -0.39 is 0 Å². The number of nitrogens with one attached hydrogen (secondary N) is 1. The van der Waals surface area contributed by atoms with Crippen LogP contribution in [-0.2, 0) is 0 Å². The zero-order valence-corrected chi connectivity index (χ0v) is 13.9. The number of anilines is 1. The first-order valence-corrected chi connectivity index (χ1v) is 7.94. The predicted molar refractivity (Wildman–Crippen MR) is 91.6 cm³/mol. The van der Waals surface area contributed by atoms with Crippen molar-refractivity contribution >= 4 is 11.7 Å². The number of aryl methyl sites for hydroxylation is 1. The highest BCUT2D eigenvalue weighted by Crippen LogP contribution is 2.24. The summed E-state index contributed by atoms with van der Waals surface area (Å²) < 4.78 is 11.1. The first kappa shape index (κ1) is 16.1. The molecular weight excluding hydrogens is 306 g/mol. The maximum absolute atomic E-state index is 12.4. The number of rotatable bonds is 4. The molecule has 1 aliphatic rings. The van der Waals surface area contributed by atoms with Gasteiger partial charge in [0.25, 0.3) is 0 Å². The van der Waals surface area contributed by atoms with Crippen molar-refractivity contribution in [3.05, 3.63) is 48.2 Å². The van der Waals surface area contributed by atoms with Gasteiger partial charge in [-0.3, -0.25) is 0 Å². The van der Waals surface area contributed by atoms with E-state index in [1.54, 1.807) is 18.2 Å². The molecule has 1 aromatic heterocycles. The van der Waals surface area contributed by atoms with Gasteiger partial charge in [-0.2, -0.15) is 0 Å². The third-order valence-corrected chi connectivity index (χ3v) is 3.95. The number of ether oxygens (including phenoxy) is 2. The summed E-state index contributed by atoms with van der Waals surface area (Å²) in [5.74, 6) is 1.24. The van der Waals surface area contributed by atoms with Crippen molar-refractivity contribution in [3.63, 3.8) is 0 Å². The molecule has 1 atom stereocenters. The number of carbonyl (C=O) groups is 1. The lowest BCUT2D eigenvalue weighted by Gasteiger charge is -2.18. The van der Waals surface area contributed by atoms with Crippen molar-refractivity contribution in [1.82, 2.24) is 9.88 Å². The van der Waals surface area contributed by atoms with E-state index in [-0.39, 0.29) is 12.1 Å². The molecule has 2 aromatic rings. The number of hydrogen-bond donors (Lipinski definition) is 1. The van der Waals surface area contributed by atoms with E-state index in [1.165, 1.54) is 0 Å². The fraction of sp³-hybridized carbons (Fsp3) is 0.333. The molecule has 0 spiro atoms. The number of nitrogens with zero attached hydrogens (tertiary/aromatic N) is 2. The van der Waals surface area contributed by atoms with E-state index in [0.717, 1.165) is 12.0 Å². The number of carbonyl (C=O) groups excluding carboxylic acids is 1. The summed E-state index contributed by atoms with van der Waals surface area (Å²) in [6.07, 6.45) is 2.52. The largest absolute Gasteiger partial charge is 0.495 e. The van der Waals surface area contributed by atoms with E-state index in [9.17, 15) is 4.79 Å². The molecule has 1 aliphatic heterocycles. The van der Waals surface area contributed by atoms with E-state index in [1.807, 2.05) is 43.3 Å².